The van der Waals surface area contributed by atoms with Gasteiger partial charge in [-0.1, -0.05) is 55.4 Å². The molecule has 21 heavy (non-hydrogen) atoms. The van der Waals surface area contributed by atoms with E-state index in [1.54, 1.807) is 18.7 Å². The summed E-state index contributed by atoms with van der Waals surface area (Å²) in [5.41, 5.74) is 1.89. The van der Waals surface area contributed by atoms with Gasteiger partial charge in [-0.3, -0.25) is 9.55 Å². The fourth-order valence-electron chi connectivity index (χ4n) is 1.07. The molecule has 122 valence electrons. The standard InChI is InChI=1S/C9H10N4.4C2H6/c1-7-3-11-9(4-10-7)13-5-8(2)12-6-13;4*1-2/h3-6H,1-2H3;4*1-2H3. The maximum absolute atomic E-state index is 4.22. The van der Waals surface area contributed by atoms with Crippen molar-refractivity contribution in [2.24, 2.45) is 0 Å². The Bertz CT molecular complexity index is 405. The average molecular weight is 294 g/mol. The molecule has 2 rings (SSSR count). The van der Waals surface area contributed by atoms with E-state index in [1.807, 2.05) is 80.0 Å². The summed E-state index contributed by atoms with van der Waals surface area (Å²) in [5, 5.41) is 0. The van der Waals surface area contributed by atoms with Crippen molar-refractivity contribution in [2.45, 2.75) is 69.2 Å². The van der Waals surface area contributed by atoms with Crippen LogP contribution in [0.5, 0.6) is 0 Å². The molecule has 0 atom stereocenters. The second kappa shape index (κ2) is 18.3. The number of rotatable bonds is 1. The highest BCUT2D eigenvalue weighted by Crippen LogP contribution is 2.03. The molecule has 0 unspecified atom stereocenters. The molecule has 2 aromatic heterocycles. The molecule has 4 nitrogen and oxygen atoms in total. The number of nitrogens with zero attached hydrogens (tertiary/aromatic N) is 4. The molecule has 0 amide bonds. The third-order valence-electron chi connectivity index (χ3n) is 1.74. The molecule has 0 aliphatic rings. The molecule has 4 heteroatoms. The molecule has 0 N–H and O–H groups in total. The van der Waals surface area contributed by atoms with Crippen molar-refractivity contribution in [3.8, 4) is 5.82 Å². The van der Waals surface area contributed by atoms with Crippen LogP contribution < -0.4 is 0 Å². The first-order valence-electron chi connectivity index (χ1n) is 8.05. The van der Waals surface area contributed by atoms with Crippen molar-refractivity contribution < 1.29 is 0 Å². The van der Waals surface area contributed by atoms with Crippen molar-refractivity contribution in [3.63, 3.8) is 0 Å². The van der Waals surface area contributed by atoms with Gasteiger partial charge < -0.3 is 0 Å². The SMILES string of the molecule is CC.CC.CC.CC.Cc1cnc(-n2cnc(C)c2)cn1. The van der Waals surface area contributed by atoms with Gasteiger partial charge in [0.25, 0.3) is 0 Å². The molecule has 0 saturated carbocycles. The number of hydrogen-bond donors (Lipinski definition) is 0. The first kappa shape index (κ1) is 24.3. The Balaban J connectivity index is -0.000000353. The number of hydrogen-bond acceptors (Lipinski definition) is 3. The molecule has 2 heterocycles. The first-order chi connectivity index (χ1) is 10.3. The normalized spacial score (nSPS) is 7.52. The van der Waals surface area contributed by atoms with Crippen LogP contribution in [0.1, 0.15) is 66.8 Å². The Morgan fingerprint density at radius 1 is 0.667 bits per heavy atom. The van der Waals surface area contributed by atoms with E-state index in [0.29, 0.717) is 0 Å². The number of aryl methyl sites for hydroxylation is 2. The molecular weight excluding hydrogens is 260 g/mol. The zero-order chi connectivity index (χ0) is 17.3. The minimum atomic E-state index is 0.797. The van der Waals surface area contributed by atoms with Crippen molar-refractivity contribution in [3.05, 3.63) is 36.3 Å². The van der Waals surface area contributed by atoms with E-state index in [-0.39, 0.29) is 0 Å². The van der Waals surface area contributed by atoms with Crippen LogP contribution in [0.3, 0.4) is 0 Å². The summed E-state index contributed by atoms with van der Waals surface area (Å²) in [7, 11) is 0. The van der Waals surface area contributed by atoms with Crippen LogP contribution in [0.4, 0.5) is 0 Å². The van der Waals surface area contributed by atoms with E-state index in [0.717, 1.165) is 17.2 Å². The molecule has 0 radical (unpaired) electrons. The lowest BCUT2D eigenvalue weighted by Crippen LogP contribution is -1.95. The summed E-state index contributed by atoms with van der Waals surface area (Å²) in [5.74, 6) is 0.797. The van der Waals surface area contributed by atoms with Gasteiger partial charge in [-0.25, -0.2) is 9.97 Å². The molecule has 0 spiro atoms. The smallest absolute Gasteiger partial charge is 0.156 e. The molecule has 0 bridgehead atoms. The van der Waals surface area contributed by atoms with Gasteiger partial charge in [-0.15, -0.1) is 0 Å². The fourth-order valence-corrected chi connectivity index (χ4v) is 1.07. The number of aromatic nitrogens is 4. The van der Waals surface area contributed by atoms with E-state index in [1.165, 1.54) is 0 Å². The Morgan fingerprint density at radius 3 is 1.52 bits per heavy atom. The van der Waals surface area contributed by atoms with Gasteiger partial charge in [-0.05, 0) is 13.8 Å². The summed E-state index contributed by atoms with van der Waals surface area (Å²) >= 11 is 0. The molecule has 0 aliphatic heterocycles. The summed E-state index contributed by atoms with van der Waals surface area (Å²) in [6.07, 6.45) is 7.12. The van der Waals surface area contributed by atoms with Gasteiger partial charge in [-0.2, -0.15) is 0 Å². The highest BCUT2D eigenvalue weighted by molar-refractivity contribution is 5.19. The van der Waals surface area contributed by atoms with Crippen LogP contribution in [0.25, 0.3) is 5.82 Å². The third-order valence-corrected chi connectivity index (χ3v) is 1.74. The van der Waals surface area contributed by atoms with Gasteiger partial charge in [0.2, 0.25) is 0 Å². The van der Waals surface area contributed by atoms with Gasteiger partial charge in [0.1, 0.15) is 6.33 Å². The fraction of sp³-hybridized carbons (Fsp3) is 0.588. The van der Waals surface area contributed by atoms with E-state index < -0.39 is 0 Å². The Labute approximate surface area is 131 Å². The lowest BCUT2D eigenvalue weighted by atomic mass is 10.5. The van der Waals surface area contributed by atoms with Gasteiger partial charge >= 0.3 is 0 Å². The van der Waals surface area contributed by atoms with Gasteiger partial charge in [0, 0.05) is 6.20 Å². The molecule has 0 fully saturated rings. The van der Waals surface area contributed by atoms with E-state index in [2.05, 4.69) is 15.0 Å². The Kier molecular flexibility index (Phi) is 21.2. The van der Waals surface area contributed by atoms with Gasteiger partial charge in [0.15, 0.2) is 5.82 Å². The predicted octanol–water partition coefficient (Wildman–Crippen LogP) is 5.38. The van der Waals surface area contributed by atoms with Crippen LogP contribution in [0, 0.1) is 13.8 Å². The molecule has 0 aliphatic carbocycles. The second-order valence-corrected chi connectivity index (χ2v) is 2.94. The second-order valence-electron chi connectivity index (χ2n) is 2.94. The molecule has 2 aromatic rings. The topological polar surface area (TPSA) is 43.6 Å². The average Bonchev–Trinajstić information content (AvgIpc) is 3.02. The maximum Gasteiger partial charge on any atom is 0.156 e. The molecule has 0 saturated heterocycles. The maximum atomic E-state index is 4.22. The van der Waals surface area contributed by atoms with Crippen LogP contribution in [0.15, 0.2) is 24.9 Å². The van der Waals surface area contributed by atoms with Crippen LogP contribution in [0.2, 0.25) is 0 Å². The van der Waals surface area contributed by atoms with E-state index >= 15 is 0 Å². The largest absolute Gasteiger partial charge is 0.289 e. The predicted molar refractivity (Wildman–Crippen MR) is 94.0 cm³/mol. The lowest BCUT2D eigenvalue weighted by molar-refractivity contribution is 0.956. The highest BCUT2D eigenvalue weighted by Gasteiger charge is 1.98. The van der Waals surface area contributed by atoms with E-state index in [9.17, 15) is 0 Å². The van der Waals surface area contributed by atoms with Crippen LogP contribution >= 0.6 is 0 Å². The quantitative estimate of drug-likeness (QED) is 0.708. The molecular formula is C17H34N4. The Hall–Kier alpha value is -1.71. The van der Waals surface area contributed by atoms with Crippen molar-refractivity contribution in [1.82, 2.24) is 19.5 Å². The summed E-state index contributed by atoms with van der Waals surface area (Å²) in [6.45, 7) is 19.9. The minimum absolute atomic E-state index is 0.797. The van der Waals surface area contributed by atoms with Crippen LogP contribution in [-0.2, 0) is 0 Å². The van der Waals surface area contributed by atoms with Crippen molar-refractivity contribution in [1.29, 1.82) is 0 Å². The lowest BCUT2D eigenvalue weighted by Gasteiger charge is -1.98. The first-order valence-corrected chi connectivity index (χ1v) is 8.05. The Morgan fingerprint density at radius 2 is 1.19 bits per heavy atom. The van der Waals surface area contributed by atoms with Crippen LogP contribution in [-0.4, -0.2) is 19.5 Å². The summed E-state index contributed by atoms with van der Waals surface area (Å²) in [4.78, 5) is 12.5. The number of imidazole rings is 1. The summed E-state index contributed by atoms with van der Waals surface area (Å²) < 4.78 is 1.85. The highest BCUT2D eigenvalue weighted by atomic mass is 15.1. The monoisotopic (exact) mass is 294 g/mol. The minimum Gasteiger partial charge on any atom is -0.289 e. The third kappa shape index (κ3) is 10.7. The summed E-state index contributed by atoms with van der Waals surface area (Å²) in [6, 6.07) is 0. The zero-order valence-electron chi connectivity index (χ0n) is 15.6. The zero-order valence-corrected chi connectivity index (χ0v) is 15.6. The van der Waals surface area contributed by atoms with Crippen molar-refractivity contribution >= 4 is 0 Å². The van der Waals surface area contributed by atoms with E-state index in [4.69, 9.17) is 0 Å². The van der Waals surface area contributed by atoms with Gasteiger partial charge in [0.05, 0.1) is 23.8 Å². The molecule has 0 aromatic carbocycles. The van der Waals surface area contributed by atoms with Crippen molar-refractivity contribution in [2.75, 3.05) is 0 Å².